The van der Waals surface area contributed by atoms with Crippen LogP contribution in [-0.4, -0.2) is 49.1 Å². The lowest BCUT2D eigenvalue weighted by molar-refractivity contribution is -0.201. The second kappa shape index (κ2) is 6.05. The molecule has 10 heteroatoms. The summed E-state index contributed by atoms with van der Waals surface area (Å²) < 4.78 is 70.0. The lowest BCUT2D eigenvalue weighted by atomic mass is 10.3. The molecule has 1 amide bonds. The Kier molecular flexibility index (Phi) is 5.69. The number of carbonyl (C=O) groups excluding carboxylic acids is 1. The number of amides is 1. The van der Waals surface area contributed by atoms with Crippen LogP contribution in [-0.2, 0) is 4.79 Å². The third kappa shape index (κ3) is 8.74. The van der Waals surface area contributed by atoms with E-state index in [0.717, 1.165) is 0 Å². The van der Waals surface area contributed by atoms with Gasteiger partial charge in [-0.1, -0.05) is 0 Å². The molecule has 0 radical (unpaired) electrons. The molecule has 0 saturated heterocycles. The molecular formula is C7H10F6N2O2. The summed E-state index contributed by atoms with van der Waals surface area (Å²) in [7, 11) is 0. The molecule has 4 nitrogen and oxygen atoms in total. The number of alkyl halides is 6. The van der Waals surface area contributed by atoms with Crippen molar-refractivity contribution in [2.24, 2.45) is 0 Å². The largest absolute Gasteiger partial charge is 0.416 e. The fourth-order valence-corrected chi connectivity index (χ4v) is 0.707. The topological polar surface area (TPSA) is 61.4 Å². The van der Waals surface area contributed by atoms with Crippen molar-refractivity contribution in [3.8, 4) is 0 Å². The summed E-state index contributed by atoms with van der Waals surface area (Å²) in [5.74, 6) is -1.07. The van der Waals surface area contributed by atoms with E-state index < -0.39 is 44.0 Å². The van der Waals surface area contributed by atoms with Crippen molar-refractivity contribution < 1.29 is 36.2 Å². The number of hydrogen-bond donors (Lipinski definition) is 3. The molecule has 0 bridgehead atoms. The molecule has 0 heterocycles. The molecule has 0 spiro atoms. The Morgan fingerprint density at radius 2 is 1.71 bits per heavy atom. The normalized spacial score (nSPS) is 14.5. The van der Waals surface area contributed by atoms with E-state index in [1.807, 2.05) is 0 Å². The zero-order chi connectivity index (χ0) is 13.7. The van der Waals surface area contributed by atoms with E-state index in [2.05, 4.69) is 0 Å². The predicted molar refractivity (Wildman–Crippen MR) is 44.0 cm³/mol. The van der Waals surface area contributed by atoms with Gasteiger partial charge < -0.3 is 15.7 Å². The predicted octanol–water partition coefficient (Wildman–Crippen LogP) is 0.178. The summed E-state index contributed by atoms with van der Waals surface area (Å²) in [6.45, 7) is -3.32. The summed E-state index contributed by atoms with van der Waals surface area (Å²) in [5, 5.41) is 11.8. The Bertz CT molecular complexity index is 252. The minimum Gasteiger partial charge on any atom is -0.382 e. The van der Waals surface area contributed by atoms with E-state index in [-0.39, 0.29) is 0 Å². The lowest BCUT2D eigenvalue weighted by Crippen LogP contribution is -2.44. The van der Waals surface area contributed by atoms with Crippen LogP contribution in [0.1, 0.15) is 0 Å². The number of carbonyl (C=O) groups is 1. The monoisotopic (exact) mass is 268 g/mol. The van der Waals surface area contributed by atoms with E-state index in [1.54, 1.807) is 10.6 Å². The lowest BCUT2D eigenvalue weighted by Gasteiger charge is -2.15. The van der Waals surface area contributed by atoms with Gasteiger partial charge in [-0.3, -0.25) is 4.79 Å². The van der Waals surface area contributed by atoms with Crippen LogP contribution in [0.2, 0.25) is 0 Å². The number of aliphatic hydroxyl groups excluding tert-OH is 1. The Balaban J connectivity index is 3.75. The smallest absolute Gasteiger partial charge is 0.382 e. The summed E-state index contributed by atoms with van der Waals surface area (Å²) in [5.41, 5.74) is 0. The molecule has 0 aromatic heterocycles. The van der Waals surface area contributed by atoms with Crippen molar-refractivity contribution in [2.75, 3.05) is 19.6 Å². The van der Waals surface area contributed by atoms with Crippen LogP contribution in [0.15, 0.2) is 0 Å². The highest BCUT2D eigenvalue weighted by Crippen LogP contribution is 2.19. The van der Waals surface area contributed by atoms with Crippen molar-refractivity contribution in [1.29, 1.82) is 0 Å². The van der Waals surface area contributed by atoms with Gasteiger partial charge in [0.15, 0.2) is 6.10 Å². The highest BCUT2D eigenvalue weighted by molar-refractivity contribution is 5.77. The van der Waals surface area contributed by atoms with E-state index in [1.165, 1.54) is 0 Å². The molecule has 3 N–H and O–H groups in total. The number of nitrogens with one attached hydrogen (secondary N) is 2. The van der Waals surface area contributed by atoms with Gasteiger partial charge in [-0.05, 0) is 0 Å². The Labute approximate surface area is 92.0 Å². The van der Waals surface area contributed by atoms with Crippen molar-refractivity contribution in [3.05, 3.63) is 0 Å². The fraction of sp³-hybridized carbons (Fsp3) is 0.857. The van der Waals surface area contributed by atoms with Crippen molar-refractivity contribution in [2.45, 2.75) is 18.5 Å². The Morgan fingerprint density at radius 1 is 1.18 bits per heavy atom. The first-order valence-corrected chi connectivity index (χ1v) is 4.31. The fourth-order valence-electron chi connectivity index (χ4n) is 0.707. The highest BCUT2D eigenvalue weighted by Gasteiger charge is 2.38. The number of rotatable bonds is 5. The van der Waals surface area contributed by atoms with Crippen molar-refractivity contribution in [1.82, 2.24) is 10.6 Å². The molecule has 17 heavy (non-hydrogen) atoms. The third-order valence-electron chi connectivity index (χ3n) is 1.48. The molecule has 0 aromatic carbocycles. The average Bonchev–Trinajstić information content (AvgIpc) is 2.10. The molecule has 1 atom stereocenters. The van der Waals surface area contributed by atoms with Crippen LogP contribution >= 0.6 is 0 Å². The summed E-state index contributed by atoms with van der Waals surface area (Å²) in [6.07, 6.45) is -12.1. The molecule has 102 valence electrons. The molecule has 1 unspecified atom stereocenters. The second-order valence-electron chi connectivity index (χ2n) is 3.08. The first-order valence-electron chi connectivity index (χ1n) is 4.31. The molecule has 0 aliphatic rings. The van der Waals surface area contributed by atoms with Gasteiger partial charge in [-0.15, -0.1) is 0 Å². The average molecular weight is 268 g/mol. The summed E-state index contributed by atoms with van der Waals surface area (Å²) in [6, 6.07) is 0. The van der Waals surface area contributed by atoms with E-state index in [4.69, 9.17) is 5.11 Å². The number of halogens is 6. The van der Waals surface area contributed by atoms with Crippen molar-refractivity contribution >= 4 is 5.91 Å². The van der Waals surface area contributed by atoms with Crippen LogP contribution in [0.5, 0.6) is 0 Å². The van der Waals surface area contributed by atoms with Gasteiger partial charge in [0.1, 0.15) is 0 Å². The van der Waals surface area contributed by atoms with E-state index >= 15 is 0 Å². The van der Waals surface area contributed by atoms with Gasteiger partial charge in [-0.2, -0.15) is 26.3 Å². The first kappa shape index (κ1) is 16.0. The van der Waals surface area contributed by atoms with Crippen LogP contribution in [0.3, 0.4) is 0 Å². The molecule has 0 aromatic rings. The molecular weight excluding hydrogens is 258 g/mol. The minimum atomic E-state index is -4.88. The molecule has 0 fully saturated rings. The van der Waals surface area contributed by atoms with Gasteiger partial charge in [0, 0.05) is 0 Å². The van der Waals surface area contributed by atoms with Gasteiger partial charge in [0.25, 0.3) is 0 Å². The third-order valence-corrected chi connectivity index (χ3v) is 1.48. The first-order chi connectivity index (χ1) is 7.52. The SMILES string of the molecule is O=C(CNCC(F)(F)F)NCC(O)C(F)(F)F. The van der Waals surface area contributed by atoms with Crippen LogP contribution < -0.4 is 10.6 Å². The number of aliphatic hydroxyl groups is 1. The van der Waals surface area contributed by atoms with Gasteiger partial charge >= 0.3 is 12.4 Å². The summed E-state index contributed by atoms with van der Waals surface area (Å²) >= 11 is 0. The molecule has 0 rings (SSSR count). The highest BCUT2D eigenvalue weighted by atomic mass is 19.4. The minimum absolute atomic E-state index is 0.788. The number of hydrogen-bond acceptors (Lipinski definition) is 3. The van der Waals surface area contributed by atoms with Crippen LogP contribution in [0, 0.1) is 0 Å². The van der Waals surface area contributed by atoms with Crippen LogP contribution in [0.25, 0.3) is 0 Å². The van der Waals surface area contributed by atoms with Gasteiger partial charge in [-0.25, -0.2) is 0 Å². The van der Waals surface area contributed by atoms with Gasteiger partial charge in [0.2, 0.25) is 5.91 Å². The standard InChI is InChI=1S/C7H10F6N2O2/c8-6(9,10)3-14-2-5(17)15-1-4(16)7(11,12)13/h4,14,16H,1-3H2,(H,15,17). The maximum absolute atomic E-state index is 11.7. The zero-order valence-electron chi connectivity index (χ0n) is 8.32. The molecule has 0 aliphatic carbocycles. The summed E-state index contributed by atoms with van der Waals surface area (Å²) in [4.78, 5) is 10.7. The molecule has 0 saturated carbocycles. The Morgan fingerprint density at radius 3 is 2.12 bits per heavy atom. The maximum atomic E-state index is 11.7. The van der Waals surface area contributed by atoms with E-state index in [9.17, 15) is 31.1 Å². The zero-order valence-corrected chi connectivity index (χ0v) is 8.32. The van der Waals surface area contributed by atoms with E-state index in [0.29, 0.717) is 0 Å². The van der Waals surface area contributed by atoms with Crippen molar-refractivity contribution in [3.63, 3.8) is 0 Å². The van der Waals surface area contributed by atoms with Gasteiger partial charge in [0.05, 0.1) is 19.6 Å². The molecule has 0 aliphatic heterocycles. The Hall–Kier alpha value is -1.03. The quantitative estimate of drug-likeness (QED) is 0.623. The van der Waals surface area contributed by atoms with Crippen LogP contribution in [0.4, 0.5) is 26.3 Å². The maximum Gasteiger partial charge on any atom is 0.416 e. The second-order valence-corrected chi connectivity index (χ2v) is 3.08.